The lowest BCUT2D eigenvalue weighted by Gasteiger charge is -2.52. The van der Waals surface area contributed by atoms with Crippen LogP contribution in [0, 0.1) is 11.8 Å². The van der Waals surface area contributed by atoms with Gasteiger partial charge in [0.15, 0.2) is 10.3 Å². The third kappa shape index (κ3) is 0.991. The number of hydrogen-bond acceptors (Lipinski definition) is 0. The maximum atomic E-state index is 2.74. The Morgan fingerprint density at radius 3 is 1.08 bits per heavy atom. The van der Waals surface area contributed by atoms with Gasteiger partial charge in [-0.2, -0.15) is 0 Å². The van der Waals surface area contributed by atoms with Gasteiger partial charge >= 0.3 is 0 Å². The van der Waals surface area contributed by atoms with Gasteiger partial charge in [-0.1, -0.05) is 13.8 Å². The predicted molar refractivity (Wildman–Crippen MR) is 115 cm³/mol. The van der Waals surface area contributed by atoms with Crippen molar-refractivity contribution in [1.82, 2.24) is 0 Å². The summed E-state index contributed by atoms with van der Waals surface area (Å²) in [5.41, 5.74) is 7.19. The lowest BCUT2D eigenvalue weighted by Crippen LogP contribution is -2.54. The van der Waals surface area contributed by atoms with E-state index in [4.69, 9.17) is 0 Å². The van der Waals surface area contributed by atoms with Gasteiger partial charge in [-0.25, -0.2) is 0 Å². The van der Waals surface area contributed by atoms with Crippen LogP contribution >= 0.6 is 14.5 Å². The number of rotatable bonds is 0. The Morgan fingerprint density at radius 2 is 0.833 bits per heavy atom. The Hall–Kier alpha value is 0.340. The lowest BCUT2D eigenvalue weighted by atomic mass is 9.71. The van der Waals surface area contributed by atoms with Crippen molar-refractivity contribution in [2.24, 2.45) is 11.8 Å². The molecule has 2 heterocycles. The molecule has 0 N–H and O–H groups in total. The second kappa shape index (κ2) is 3.94. The molecule has 0 aromatic rings. The molecule has 0 saturated carbocycles. The van der Waals surface area contributed by atoms with E-state index in [0.29, 0.717) is 20.6 Å². The largest absolute Gasteiger partial charge is 0.151 e. The van der Waals surface area contributed by atoms with Crippen molar-refractivity contribution in [2.75, 3.05) is 26.7 Å². The van der Waals surface area contributed by atoms with Crippen molar-refractivity contribution in [2.45, 2.75) is 76.0 Å². The zero-order chi connectivity index (χ0) is 18.5. The molecule has 0 aromatic heterocycles. The zero-order valence-electron chi connectivity index (χ0n) is 18.0. The molecule has 4 rings (SSSR count). The maximum absolute atomic E-state index is 2.74. The van der Waals surface area contributed by atoms with Crippen LogP contribution < -0.4 is 0 Å². The summed E-state index contributed by atoms with van der Waals surface area (Å²) in [6.07, 6.45) is 0. The molecule has 6 atom stereocenters. The molecular formula is C22H38P2+2. The molecular weight excluding hydrogens is 326 g/mol. The van der Waals surface area contributed by atoms with Gasteiger partial charge in [0.1, 0.15) is 10.3 Å². The highest BCUT2D eigenvalue weighted by molar-refractivity contribution is 7.84. The highest BCUT2D eigenvalue weighted by Gasteiger charge is 3.01. The number of fused-ring (bicyclic) bond motifs is 2. The topological polar surface area (TPSA) is 0 Å². The zero-order valence-corrected chi connectivity index (χ0v) is 19.8. The first-order chi connectivity index (χ1) is 10.7. The number of allylic oxidation sites excluding steroid dienone is 4. The summed E-state index contributed by atoms with van der Waals surface area (Å²) < 4.78 is 0. The van der Waals surface area contributed by atoms with Crippen LogP contribution in [0.25, 0.3) is 0 Å². The summed E-state index contributed by atoms with van der Waals surface area (Å²) in [7, 11) is -2.36. The third-order valence-electron chi connectivity index (χ3n) is 11.4. The lowest BCUT2D eigenvalue weighted by molar-refractivity contribution is 0.364. The van der Waals surface area contributed by atoms with Crippen molar-refractivity contribution < 1.29 is 0 Å². The van der Waals surface area contributed by atoms with Crippen LogP contribution in [-0.4, -0.2) is 47.3 Å². The summed E-state index contributed by atoms with van der Waals surface area (Å²) in [5, 5.41) is 1.81. The van der Waals surface area contributed by atoms with E-state index in [1.165, 1.54) is 0 Å². The molecule has 134 valence electrons. The van der Waals surface area contributed by atoms with Crippen LogP contribution in [0.4, 0.5) is 0 Å². The first-order valence-corrected chi connectivity index (χ1v) is 15.1. The van der Waals surface area contributed by atoms with Crippen LogP contribution in [0.2, 0.25) is 0 Å². The summed E-state index contributed by atoms with van der Waals surface area (Å²) in [6.45, 7) is 31.7. The Morgan fingerprint density at radius 1 is 0.583 bits per heavy atom. The standard InChI is InChI=1S/C22H38P2/c1-13-15(3)21-17(5)19(13,7)23(9,10)22(21)16(4)14(2)20(8,18(22)6)24(21,11)12/h17-18H,1-12H3/q+2/t17-,18-,19-,20-,21-,22-/m1/s1. The van der Waals surface area contributed by atoms with E-state index in [2.05, 4.69) is 82.0 Å². The van der Waals surface area contributed by atoms with Crippen LogP contribution in [0.5, 0.6) is 0 Å². The summed E-state index contributed by atoms with van der Waals surface area (Å²) in [4.78, 5) is 0. The predicted octanol–water partition coefficient (Wildman–Crippen LogP) is 6.54. The minimum Gasteiger partial charge on any atom is -0.0535 e. The molecule has 4 bridgehead atoms. The Kier molecular flexibility index (Phi) is 2.92. The molecule has 0 aromatic carbocycles. The average Bonchev–Trinajstić information content (AvgIpc) is 2.87. The summed E-state index contributed by atoms with van der Waals surface area (Å²) >= 11 is 0. The van der Waals surface area contributed by atoms with Crippen LogP contribution in [0.1, 0.15) is 55.4 Å². The SMILES string of the molecule is CC1=C(C)[C@@]23[C@H](C)[C@]1(C)[P+](C)(C)[C@@]21C(C)=C(C)[C@](C)([C@H]1C)[P+]3(C)C. The summed E-state index contributed by atoms with van der Waals surface area (Å²) in [6, 6.07) is 0. The average molecular weight is 364 g/mol. The van der Waals surface area contributed by atoms with Crippen molar-refractivity contribution in [1.29, 1.82) is 0 Å². The molecule has 2 heteroatoms. The molecule has 0 unspecified atom stereocenters. The fourth-order valence-corrected chi connectivity index (χ4v) is 24.3. The van der Waals surface area contributed by atoms with Crippen LogP contribution in [0.3, 0.4) is 0 Å². The Bertz CT molecular complexity index is 690. The fraction of sp³-hybridized carbons (Fsp3) is 0.818. The molecule has 0 radical (unpaired) electrons. The van der Waals surface area contributed by atoms with E-state index in [9.17, 15) is 0 Å². The highest BCUT2D eigenvalue weighted by Crippen LogP contribution is 3.07. The highest BCUT2D eigenvalue weighted by atomic mass is 31.2. The van der Waals surface area contributed by atoms with Crippen LogP contribution in [-0.2, 0) is 0 Å². The molecule has 2 spiro atoms. The Labute approximate surface area is 151 Å². The second-order valence-electron chi connectivity index (χ2n) is 10.7. The molecule has 4 aliphatic rings. The van der Waals surface area contributed by atoms with E-state index in [1.54, 1.807) is 11.1 Å². The molecule has 24 heavy (non-hydrogen) atoms. The van der Waals surface area contributed by atoms with Gasteiger partial charge in [0.2, 0.25) is 0 Å². The monoisotopic (exact) mass is 364 g/mol. The van der Waals surface area contributed by atoms with Gasteiger partial charge in [0, 0.05) is 26.4 Å². The van der Waals surface area contributed by atoms with Gasteiger partial charge < -0.3 is 0 Å². The molecule has 2 aliphatic heterocycles. The number of hydrogen-bond donors (Lipinski definition) is 0. The fourth-order valence-electron chi connectivity index (χ4n) is 9.87. The second-order valence-corrected chi connectivity index (χ2v) is 19.8. The van der Waals surface area contributed by atoms with E-state index >= 15 is 0 Å². The Balaban J connectivity index is 2.30. The van der Waals surface area contributed by atoms with Crippen LogP contribution in [0.15, 0.2) is 22.3 Å². The molecule has 2 fully saturated rings. The minimum atomic E-state index is -1.18. The van der Waals surface area contributed by atoms with E-state index in [0.717, 1.165) is 11.8 Å². The van der Waals surface area contributed by atoms with Crippen molar-refractivity contribution in [3.8, 4) is 0 Å². The van der Waals surface area contributed by atoms with E-state index < -0.39 is 14.5 Å². The van der Waals surface area contributed by atoms with Gasteiger partial charge in [-0.05, 0) is 63.8 Å². The van der Waals surface area contributed by atoms with Crippen molar-refractivity contribution in [3.63, 3.8) is 0 Å². The van der Waals surface area contributed by atoms with Gasteiger partial charge in [0.05, 0.1) is 26.7 Å². The van der Waals surface area contributed by atoms with Crippen molar-refractivity contribution >= 4 is 14.5 Å². The third-order valence-corrected chi connectivity index (χ3v) is 23.3. The molecule has 2 saturated heterocycles. The van der Waals surface area contributed by atoms with E-state index in [-0.39, 0.29) is 0 Å². The molecule has 0 amide bonds. The molecule has 0 nitrogen and oxygen atoms in total. The quantitative estimate of drug-likeness (QED) is 0.338. The van der Waals surface area contributed by atoms with Gasteiger partial charge in [0.25, 0.3) is 0 Å². The van der Waals surface area contributed by atoms with E-state index in [1.807, 2.05) is 11.1 Å². The normalized spacial score (nSPS) is 56.5. The molecule has 2 aliphatic carbocycles. The minimum absolute atomic E-state index is 0.440. The van der Waals surface area contributed by atoms with Crippen molar-refractivity contribution in [3.05, 3.63) is 22.3 Å². The van der Waals surface area contributed by atoms with Gasteiger partial charge in [-0.15, -0.1) is 0 Å². The summed E-state index contributed by atoms with van der Waals surface area (Å²) in [5.74, 6) is 1.62. The maximum Gasteiger partial charge on any atom is 0.151 e. The first kappa shape index (κ1) is 17.7. The smallest absolute Gasteiger partial charge is 0.0535 e. The van der Waals surface area contributed by atoms with Gasteiger partial charge in [-0.3, -0.25) is 0 Å². The first-order valence-electron chi connectivity index (χ1n) is 9.74.